The summed E-state index contributed by atoms with van der Waals surface area (Å²) in [6.45, 7) is 8.61. The van der Waals surface area contributed by atoms with Gasteiger partial charge in [0.2, 0.25) is 0 Å². The van der Waals surface area contributed by atoms with Crippen molar-refractivity contribution in [1.29, 1.82) is 0 Å². The summed E-state index contributed by atoms with van der Waals surface area (Å²) in [4.78, 5) is 9.52. The molecule has 0 aliphatic rings. The van der Waals surface area contributed by atoms with E-state index in [1.807, 2.05) is 0 Å². The molecule has 0 N–H and O–H groups in total. The average molecular weight is 879 g/mol. The molecule has 10 aromatic rings. The van der Waals surface area contributed by atoms with Gasteiger partial charge in [0.25, 0.3) is 0 Å². The molecule has 0 bridgehead atoms. The van der Waals surface area contributed by atoms with Crippen molar-refractivity contribution in [3.05, 3.63) is 277 Å². The molecule has 0 unspecified atom stereocenters. The highest BCUT2D eigenvalue weighted by Gasteiger charge is 2.26. The quantitative estimate of drug-likeness (QED) is 0.114. The third kappa shape index (κ3) is 9.13. The van der Waals surface area contributed by atoms with Gasteiger partial charge in [-0.15, -0.1) is 0 Å². The van der Waals surface area contributed by atoms with Crippen molar-refractivity contribution >= 4 is 68.2 Å². The molecule has 0 heterocycles. The fraction of sp³-hybridized carbons (Fsp3) is 0.0625. The number of rotatable bonds is 13. The topological polar surface area (TPSA) is 13.0 Å². The van der Waals surface area contributed by atoms with Crippen molar-refractivity contribution in [3.63, 3.8) is 0 Å². The van der Waals surface area contributed by atoms with Gasteiger partial charge in [0.05, 0.1) is 11.4 Å². The molecular formula is C64H54N4. The van der Waals surface area contributed by atoms with Crippen molar-refractivity contribution in [1.82, 2.24) is 0 Å². The van der Waals surface area contributed by atoms with E-state index < -0.39 is 0 Å². The summed E-state index contributed by atoms with van der Waals surface area (Å²) in [5.74, 6) is 0. The second kappa shape index (κ2) is 19.5. The van der Waals surface area contributed by atoms with Gasteiger partial charge in [0.1, 0.15) is 0 Å². The fourth-order valence-corrected chi connectivity index (χ4v) is 9.25. The van der Waals surface area contributed by atoms with Crippen LogP contribution in [0.1, 0.15) is 22.3 Å². The van der Waals surface area contributed by atoms with Crippen LogP contribution in [0.5, 0.6) is 0 Å². The molecule has 68 heavy (non-hydrogen) atoms. The Morgan fingerprint density at radius 3 is 0.897 bits per heavy atom. The minimum atomic E-state index is 1.04. The molecule has 0 aromatic heterocycles. The van der Waals surface area contributed by atoms with E-state index in [9.17, 15) is 0 Å². The Kier molecular flexibility index (Phi) is 12.4. The van der Waals surface area contributed by atoms with E-state index >= 15 is 0 Å². The lowest BCUT2D eigenvalue weighted by Crippen LogP contribution is -2.18. The van der Waals surface area contributed by atoms with E-state index in [4.69, 9.17) is 0 Å². The van der Waals surface area contributed by atoms with Gasteiger partial charge in [-0.25, -0.2) is 0 Å². The molecule has 0 radical (unpaired) electrons. The van der Waals surface area contributed by atoms with Gasteiger partial charge in [-0.2, -0.15) is 0 Å². The Morgan fingerprint density at radius 1 is 0.221 bits per heavy atom. The van der Waals surface area contributed by atoms with Crippen LogP contribution >= 0.6 is 0 Å². The van der Waals surface area contributed by atoms with Gasteiger partial charge in [-0.1, -0.05) is 127 Å². The summed E-state index contributed by atoms with van der Waals surface area (Å²) < 4.78 is 0. The minimum absolute atomic E-state index is 1.04. The highest BCUT2D eigenvalue weighted by molar-refractivity contribution is 5.99. The van der Waals surface area contributed by atoms with Crippen LogP contribution in [0, 0.1) is 27.7 Å². The van der Waals surface area contributed by atoms with Crippen molar-refractivity contribution < 1.29 is 0 Å². The van der Waals surface area contributed by atoms with Crippen LogP contribution in [0.25, 0.3) is 11.1 Å². The van der Waals surface area contributed by atoms with Gasteiger partial charge < -0.3 is 19.6 Å². The maximum absolute atomic E-state index is 2.42. The minimum Gasteiger partial charge on any atom is -0.310 e. The number of nitrogens with zero attached hydrogens (tertiary/aromatic N) is 4. The van der Waals surface area contributed by atoms with Crippen LogP contribution in [-0.4, -0.2) is 0 Å². The molecule has 4 heteroatoms. The number of hydrogen-bond acceptors (Lipinski definition) is 4. The zero-order valence-electron chi connectivity index (χ0n) is 39.0. The molecule has 10 rings (SSSR count). The molecule has 330 valence electrons. The molecule has 0 aliphatic heterocycles. The Hall–Kier alpha value is -8.60. The van der Waals surface area contributed by atoms with Crippen LogP contribution in [0.4, 0.5) is 68.2 Å². The highest BCUT2D eigenvalue weighted by atomic mass is 15.2. The molecular weight excluding hydrogens is 825 g/mol. The lowest BCUT2D eigenvalue weighted by Gasteiger charge is -2.35. The van der Waals surface area contributed by atoms with Gasteiger partial charge >= 0.3 is 0 Å². The number of hydrogen-bond donors (Lipinski definition) is 0. The molecule has 4 nitrogen and oxygen atoms in total. The SMILES string of the molecule is Cc1cccc(N(c2ccc(N(c3ccccc3)c3cccc(-c4ccccc4)c3N(c3ccccc3)c3ccc(N(c4cccc(C)c4)c4cccc(C)c4)cc3)cc2)c2cccc(C)c2)c1. The van der Waals surface area contributed by atoms with E-state index in [1.54, 1.807) is 0 Å². The zero-order chi connectivity index (χ0) is 46.4. The fourth-order valence-electron chi connectivity index (χ4n) is 9.25. The normalized spacial score (nSPS) is 10.9. The van der Waals surface area contributed by atoms with Gasteiger partial charge in [-0.3, -0.25) is 0 Å². The third-order valence-corrected chi connectivity index (χ3v) is 12.4. The molecule has 10 aromatic carbocycles. The van der Waals surface area contributed by atoms with Crippen LogP contribution in [0.2, 0.25) is 0 Å². The maximum atomic E-state index is 2.42. The summed E-state index contributed by atoms with van der Waals surface area (Å²) in [7, 11) is 0. The summed E-state index contributed by atoms with van der Waals surface area (Å²) in [5.41, 5.74) is 20.0. The van der Waals surface area contributed by atoms with Crippen LogP contribution in [-0.2, 0) is 0 Å². The first-order chi connectivity index (χ1) is 33.4. The van der Waals surface area contributed by atoms with Gasteiger partial charge in [0, 0.05) is 62.4 Å². The molecule has 0 aliphatic carbocycles. The first-order valence-electron chi connectivity index (χ1n) is 23.3. The number of benzene rings is 10. The van der Waals surface area contributed by atoms with Crippen LogP contribution < -0.4 is 19.6 Å². The van der Waals surface area contributed by atoms with Crippen molar-refractivity contribution in [2.24, 2.45) is 0 Å². The van der Waals surface area contributed by atoms with E-state index in [0.717, 1.165) is 79.4 Å². The van der Waals surface area contributed by atoms with Crippen LogP contribution in [0.3, 0.4) is 0 Å². The van der Waals surface area contributed by atoms with E-state index in [0.29, 0.717) is 0 Å². The Labute approximate surface area is 401 Å². The van der Waals surface area contributed by atoms with Crippen molar-refractivity contribution in [3.8, 4) is 11.1 Å². The predicted octanol–water partition coefficient (Wildman–Crippen LogP) is 18.5. The molecule has 0 spiro atoms. The molecule has 0 saturated carbocycles. The Morgan fingerprint density at radius 2 is 0.515 bits per heavy atom. The summed E-state index contributed by atoms with van der Waals surface area (Å²) in [6, 6.07) is 91.9. The Bertz CT molecular complexity index is 3180. The standard InChI is InChI=1S/C64H54N4/c1-47-19-14-29-58(43-47)65(59-30-15-20-48(2)44-59)54-35-39-56(40-36-54)67(52-25-10-6-11-26-52)63-34-18-33-62(51-23-8-5-9-24-51)64(63)68(53-27-12-7-13-28-53)57-41-37-55(38-42-57)66(60-31-16-21-49(3)45-60)61-32-17-22-50(4)46-61/h5-46H,1-4H3. The van der Waals surface area contributed by atoms with Gasteiger partial charge in [0.15, 0.2) is 0 Å². The maximum Gasteiger partial charge on any atom is 0.0781 e. The largest absolute Gasteiger partial charge is 0.310 e. The first-order valence-corrected chi connectivity index (χ1v) is 23.3. The molecule has 0 atom stereocenters. The molecule has 0 fully saturated rings. The number of aryl methyl sites for hydroxylation is 4. The molecule has 0 saturated heterocycles. The zero-order valence-corrected chi connectivity index (χ0v) is 39.0. The lowest BCUT2D eigenvalue weighted by atomic mass is 9.99. The van der Waals surface area contributed by atoms with Gasteiger partial charge in [-0.05, 0) is 183 Å². The second-order valence-electron chi connectivity index (χ2n) is 17.4. The van der Waals surface area contributed by atoms with E-state index in [-0.39, 0.29) is 0 Å². The second-order valence-corrected chi connectivity index (χ2v) is 17.4. The molecule has 0 amide bonds. The lowest BCUT2D eigenvalue weighted by molar-refractivity contribution is 1.21. The summed E-state index contributed by atoms with van der Waals surface area (Å²) in [6.07, 6.45) is 0. The highest BCUT2D eigenvalue weighted by Crippen LogP contribution is 2.51. The predicted molar refractivity (Wildman–Crippen MR) is 290 cm³/mol. The summed E-state index contributed by atoms with van der Waals surface area (Å²) in [5, 5.41) is 0. The van der Waals surface area contributed by atoms with E-state index in [2.05, 4.69) is 302 Å². The van der Waals surface area contributed by atoms with Crippen molar-refractivity contribution in [2.75, 3.05) is 19.6 Å². The van der Waals surface area contributed by atoms with E-state index in [1.165, 1.54) is 22.3 Å². The number of para-hydroxylation sites is 3. The monoisotopic (exact) mass is 878 g/mol. The summed E-state index contributed by atoms with van der Waals surface area (Å²) >= 11 is 0. The first kappa shape index (κ1) is 43.3. The van der Waals surface area contributed by atoms with Crippen molar-refractivity contribution in [2.45, 2.75) is 27.7 Å². The average Bonchev–Trinajstić information content (AvgIpc) is 3.37. The number of anilines is 12. The Balaban J connectivity index is 1.16. The van der Waals surface area contributed by atoms with Crippen LogP contribution in [0.15, 0.2) is 255 Å². The smallest absolute Gasteiger partial charge is 0.0781 e. The third-order valence-electron chi connectivity index (χ3n) is 12.4.